The van der Waals surface area contributed by atoms with Gasteiger partial charge in [0.05, 0.1) is 6.61 Å². The number of benzene rings is 2. The van der Waals surface area contributed by atoms with Gasteiger partial charge in [0.25, 0.3) is 0 Å². The van der Waals surface area contributed by atoms with Crippen LogP contribution in [0.3, 0.4) is 0 Å². The number of ketones is 1. The second kappa shape index (κ2) is 12.2. The first-order chi connectivity index (χ1) is 17.8. The lowest BCUT2D eigenvalue weighted by Gasteiger charge is -2.28. The van der Waals surface area contributed by atoms with Crippen LogP contribution in [-0.4, -0.2) is 32.9 Å². The lowest BCUT2D eigenvalue weighted by atomic mass is 9.93. The Morgan fingerprint density at radius 2 is 1.95 bits per heavy atom. The number of anilines is 1. The van der Waals surface area contributed by atoms with Crippen molar-refractivity contribution in [1.29, 1.82) is 0 Å². The summed E-state index contributed by atoms with van der Waals surface area (Å²) >= 11 is 13.9. The molecule has 3 aromatic rings. The number of allylic oxidation sites excluding steroid dienone is 2. The Kier molecular flexibility index (Phi) is 9.05. The topological polar surface area (TPSA) is 78.3 Å². The van der Waals surface area contributed by atoms with E-state index in [1.807, 2.05) is 38.1 Å². The number of fused-ring (bicyclic) bond motifs is 1. The smallest absolute Gasteiger partial charge is 0.227 e. The van der Waals surface area contributed by atoms with E-state index in [1.165, 1.54) is 0 Å². The highest BCUT2D eigenvalue weighted by Crippen LogP contribution is 2.40. The minimum absolute atomic E-state index is 0.0352. The average Bonchev–Trinajstić information content (AvgIpc) is 3.25. The number of halogens is 2. The molecule has 7 nitrogen and oxygen atoms in total. The van der Waals surface area contributed by atoms with E-state index in [0.717, 1.165) is 35.4 Å². The van der Waals surface area contributed by atoms with Crippen molar-refractivity contribution in [2.24, 2.45) is 0 Å². The van der Waals surface area contributed by atoms with Gasteiger partial charge in [-0.3, -0.25) is 4.79 Å². The molecule has 1 unspecified atom stereocenters. The molecule has 0 bridgehead atoms. The number of ether oxygens (including phenoxy) is 2. The standard InChI is InChI=1S/C27H30Cl2N4O3S/c1-5-7-12-37-27-31-26-30-16(3)24(17(4)34)25(33(26)32-27)18-9-11-22(23(13-18)35-6-2)36-15-19-8-10-20(28)14-21(19)29/h8-11,13-14,25H,5-7,12,15H2,1-4H3,(H,30,31,32). The lowest BCUT2D eigenvalue weighted by molar-refractivity contribution is -0.114. The number of nitrogens with zero attached hydrogens (tertiary/aromatic N) is 3. The quantitative estimate of drug-likeness (QED) is 0.194. The van der Waals surface area contributed by atoms with Gasteiger partial charge in [-0.2, -0.15) is 4.98 Å². The first kappa shape index (κ1) is 27.4. The molecule has 0 saturated heterocycles. The van der Waals surface area contributed by atoms with Crippen LogP contribution >= 0.6 is 35.0 Å². The summed E-state index contributed by atoms with van der Waals surface area (Å²) in [5, 5.41) is 9.81. The fraction of sp³-hybridized carbons (Fsp3) is 0.370. The molecule has 196 valence electrons. The van der Waals surface area contributed by atoms with Crippen molar-refractivity contribution < 1.29 is 14.3 Å². The molecule has 1 atom stereocenters. The Bertz CT molecular complexity index is 1320. The van der Waals surface area contributed by atoms with Gasteiger partial charge in [0.2, 0.25) is 11.1 Å². The molecule has 10 heteroatoms. The molecule has 0 saturated carbocycles. The molecular weight excluding hydrogens is 531 g/mol. The Morgan fingerprint density at radius 3 is 2.65 bits per heavy atom. The van der Waals surface area contributed by atoms with Crippen LogP contribution in [0.1, 0.15) is 57.7 Å². The van der Waals surface area contributed by atoms with Crippen molar-refractivity contribution in [2.75, 3.05) is 17.7 Å². The van der Waals surface area contributed by atoms with E-state index in [-0.39, 0.29) is 12.4 Å². The molecular formula is C27H30Cl2N4O3S. The summed E-state index contributed by atoms with van der Waals surface area (Å²) in [6.07, 6.45) is 2.19. The minimum atomic E-state index is -0.444. The molecule has 0 spiro atoms. The predicted octanol–water partition coefficient (Wildman–Crippen LogP) is 7.33. The normalized spacial score (nSPS) is 14.8. The highest BCUT2D eigenvalue weighted by Gasteiger charge is 2.33. The summed E-state index contributed by atoms with van der Waals surface area (Å²) < 4.78 is 13.8. The van der Waals surface area contributed by atoms with Crippen molar-refractivity contribution in [1.82, 2.24) is 14.8 Å². The van der Waals surface area contributed by atoms with Crippen LogP contribution in [-0.2, 0) is 11.4 Å². The summed E-state index contributed by atoms with van der Waals surface area (Å²) in [5.74, 6) is 2.66. The molecule has 0 radical (unpaired) electrons. The molecule has 4 rings (SSSR count). The monoisotopic (exact) mass is 560 g/mol. The van der Waals surface area contributed by atoms with Gasteiger partial charge >= 0.3 is 0 Å². The number of Topliss-reactive ketones (excluding diaryl/α,β-unsaturated/α-hetero) is 1. The van der Waals surface area contributed by atoms with Gasteiger partial charge in [-0.05, 0) is 57.0 Å². The van der Waals surface area contributed by atoms with E-state index in [0.29, 0.717) is 44.8 Å². The minimum Gasteiger partial charge on any atom is -0.490 e. The molecule has 1 aliphatic rings. The first-order valence-electron chi connectivity index (χ1n) is 12.2. The molecule has 1 aliphatic heterocycles. The van der Waals surface area contributed by atoms with Crippen LogP contribution < -0.4 is 14.8 Å². The molecule has 0 aliphatic carbocycles. The largest absolute Gasteiger partial charge is 0.490 e. The van der Waals surface area contributed by atoms with Crippen molar-refractivity contribution in [3.05, 3.63) is 68.8 Å². The maximum Gasteiger partial charge on any atom is 0.227 e. The summed E-state index contributed by atoms with van der Waals surface area (Å²) in [7, 11) is 0. The van der Waals surface area contributed by atoms with E-state index >= 15 is 0 Å². The summed E-state index contributed by atoms with van der Waals surface area (Å²) in [4.78, 5) is 17.4. The molecule has 1 aromatic heterocycles. The second-order valence-corrected chi connectivity index (χ2v) is 10.6. The number of rotatable bonds is 11. The third-order valence-electron chi connectivity index (χ3n) is 5.92. The van der Waals surface area contributed by atoms with Crippen molar-refractivity contribution in [3.63, 3.8) is 0 Å². The first-order valence-corrected chi connectivity index (χ1v) is 14.0. The number of nitrogens with one attached hydrogen (secondary N) is 1. The molecule has 2 heterocycles. The third kappa shape index (κ3) is 6.25. The van der Waals surface area contributed by atoms with Crippen LogP contribution in [0.2, 0.25) is 10.0 Å². The van der Waals surface area contributed by atoms with Crippen LogP contribution in [0.25, 0.3) is 0 Å². The Labute approximate surface area is 231 Å². The van der Waals surface area contributed by atoms with Crippen molar-refractivity contribution in [2.45, 2.75) is 58.3 Å². The predicted molar refractivity (Wildman–Crippen MR) is 149 cm³/mol. The maximum absolute atomic E-state index is 12.8. The summed E-state index contributed by atoms with van der Waals surface area (Å²) in [6.45, 7) is 8.24. The van der Waals surface area contributed by atoms with Crippen LogP contribution in [0.4, 0.5) is 5.95 Å². The summed E-state index contributed by atoms with van der Waals surface area (Å²) in [5.41, 5.74) is 3.06. The van der Waals surface area contributed by atoms with Gasteiger partial charge < -0.3 is 14.8 Å². The van der Waals surface area contributed by atoms with Crippen molar-refractivity contribution in [3.8, 4) is 11.5 Å². The van der Waals surface area contributed by atoms with E-state index < -0.39 is 6.04 Å². The van der Waals surface area contributed by atoms with E-state index in [4.69, 9.17) is 37.8 Å². The number of carbonyl (C=O) groups excluding carboxylic acids is 1. The third-order valence-corrected chi connectivity index (χ3v) is 7.43. The lowest BCUT2D eigenvalue weighted by Crippen LogP contribution is -2.27. The van der Waals surface area contributed by atoms with Gasteiger partial charge in [-0.1, -0.05) is 60.4 Å². The number of hydrogen-bond acceptors (Lipinski definition) is 7. The Morgan fingerprint density at radius 1 is 1.14 bits per heavy atom. The number of thioether (sulfide) groups is 1. The van der Waals surface area contributed by atoms with E-state index in [1.54, 1.807) is 35.5 Å². The Balaban J connectivity index is 1.68. The van der Waals surface area contributed by atoms with E-state index in [9.17, 15) is 4.79 Å². The SMILES string of the molecule is CCCCSc1nc2n(n1)C(c1ccc(OCc3ccc(Cl)cc3Cl)c(OCC)c1)C(C(C)=O)=C(C)N2. The fourth-order valence-electron chi connectivity index (χ4n) is 4.14. The van der Waals surface area contributed by atoms with Crippen LogP contribution in [0.15, 0.2) is 52.8 Å². The summed E-state index contributed by atoms with van der Waals surface area (Å²) in [6, 6.07) is 10.6. The van der Waals surface area contributed by atoms with E-state index in [2.05, 4.69) is 17.2 Å². The number of aromatic nitrogens is 3. The van der Waals surface area contributed by atoms with Gasteiger partial charge in [-0.15, -0.1) is 5.10 Å². The highest BCUT2D eigenvalue weighted by atomic mass is 35.5. The molecule has 1 N–H and O–H groups in total. The second-order valence-electron chi connectivity index (χ2n) is 8.65. The van der Waals surface area contributed by atoms with Gasteiger partial charge in [0.15, 0.2) is 17.3 Å². The highest BCUT2D eigenvalue weighted by molar-refractivity contribution is 7.99. The molecule has 2 aromatic carbocycles. The number of carbonyl (C=O) groups is 1. The zero-order valence-electron chi connectivity index (χ0n) is 21.3. The zero-order valence-corrected chi connectivity index (χ0v) is 23.6. The molecule has 37 heavy (non-hydrogen) atoms. The van der Waals surface area contributed by atoms with Crippen molar-refractivity contribution >= 4 is 46.7 Å². The van der Waals surface area contributed by atoms with Gasteiger partial charge in [0, 0.05) is 32.6 Å². The van der Waals surface area contributed by atoms with Crippen LogP contribution in [0.5, 0.6) is 11.5 Å². The zero-order chi connectivity index (χ0) is 26.5. The van der Waals surface area contributed by atoms with Gasteiger partial charge in [-0.25, -0.2) is 4.68 Å². The maximum atomic E-state index is 12.8. The van der Waals surface area contributed by atoms with Crippen LogP contribution in [0, 0.1) is 0 Å². The molecule has 0 amide bonds. The Hall–Kier alpha value is -2.68. The van der Waals surface area contributed by atoms with Gasteiger partial charge in [0.1, 0.15) is 12.6 Å². The number of unbranched alkanes of at least 4 members (excludes halogenated alkanes) is 1. The average molecular weight is 562 g/mol. The number of hydrogen-bond donors (Lipinski definition) is 1. The molecule has 0 fully saturated rings. The fourth-order valence-corrected chi connectivity index (χ4v) is 5.52.